The summed E-state index contributed by atoms with van der Waals surface area (Å²) in [6.45, 7) is 5.93. The Kier molecular flexibility index (Phi) is 4.04. The summed E-state index contributed by atoms with van der Waals surface area (Å²) in [5.74, 6) is 0.747. The third-order valence-electron chi connectivity index (χ3n) is 4.05. The van der Waals surface area contributed by atoms with Crippen molar-refractivity contribution >= 4 is 17.3 Å². The first-order valence-corrected chi connectivity index (χ1v) is 7.82. The van der Waals surface area contributed by atoms with E-state index in [-0.39, 0.29) is 11.6 Å². The molecular formula is C17H19N7. The quantitative estimate of drug-likeness (QED) is 0.765. The first-order valence-electron chi connectivity index (χ1n) is 7.82. The minimum Gasteiger partial charge on any atom is -0.382 e. The molecule has 3 aromatic rings. The number of nitriles is 1. The van der Waals surface area contributed by atoms with Crippen LogP contribution in [0.2, 0.25) is 0 Å². The van der Waals surface area contributed by atoms with E-state index in [4.69, 9.17) is 5.73 Å². The summed E-state index contributed by atoms with van der Waals surface area (Å²) >= 11 is 0. The van der Waals surface area contributed by atoms with Gasteiger partial charge in [0.25, 0.3) is 0 Å². The number of nitrogens with one attached hydrogen (secondary N) is 1. The predicted molar refractivity (Wildman–Crippen MR) is 92.5 cm³/mol. The topological polar surface area (TPSA) is 105 Å². The lowest BCUT2D eigenvalue weighted by molar-refractivity contribution is 0.827. The number of nitrogens with two attached hydrogens (primary N) is 1. The molecule has 24 heavy (non-hydrogen) atoms. The van der Waals surface area contributed by atoms with Crippen molar-refractivity contribution in [1.82, 2.24) is 19.6 Å². The van der Waals surface area contributed by atoms with E-state index >= 15 is 0 Å². The van der Waals surface area contributed by atoms with Crippen molar-refractivity contribution in [2.24, 2.45) is 0 Å². The molecule has 122 valence electrons. The summed E-state index contributed by atoms with van der Waals surface area (Å²) in [7, 11) is 0. The minimum atomic E-state index is -0.109. The van der Waals surface area contributed by atoms with Crippen molar-refractivity contribution in [1.29, 1.82) is 5.26 Å². The molecule has 3 heterocycles. The van der Waals surface area contributed by atoms with Crippen molar-refractivity contribution in [3.63, 3.8) is 0 Å². The molecule has 0 spiro atoms. The lowest BCUT2D eigenvalue weighted by Crippen LogP contribution is -2.14. The Balaban J connectivity index is 2.11. The van der Waals surface area contributed by atoms with Gasteiger partial charge in [-0.2, -0.15) is 14.9 Å². The Bertz CT molecular complexity index is 922. The third kappa shape index (κ3) is 2.52. The van der Waals surface area contributed by atoms with E-state index in [1.165, 1.54) is 0 Å². The molecule has 0 aliphatic carbocycles. The Morgan fingerprint density at radius 3 is 2.83 bits per heavy atom. The van der Waals surface area contributed by atoms with Crippen molar-refractivity contribution < 1.29 is 0 Å². The summed E-state index contributed by atoms with van der Waals surface area (Å²) in [4.78, 5) is 8.95. The van der Waals surface area contributed by atoms with Crippen LogP contribution in [-0.2, 0) is 6.42 Å². The number of hydrogen-bond donors (Lipinski definition) is 2. The van der Waals surface area contributed by atoms with Gasteiger partial charge in [0.15, 0.2) is 11.5 Å². The molecule has 0 saturated heterocycles. The molecule has 1 atom stereocenters. The number of hydrogen-bond acceptors (Lipinski definition) is 6. The van der Waals surface area contributed by atoms with Gasteiger partial charge in [-0.05, 0) is 32.4 Å². The molecule has 7 heteroatoms. The summed E-state index contributed by atoms with van der Waals surface area (Å²) in [6.07, 6.45) is 2.53. The van der Waals surface area contributed by atoms with Crippen LogP contribution in [0.5, 0.6) is 0 Å². The predicted octanol–water partition coefficient (Wildman–Crippen LogP) is 2.62. The van der Waals surface area contributed by atoms with Crippen molar-refractivity contribution in [3.8, 4) is 6.07 Å². The number of rotatable bonds is 4. The number of fused-ring (bicyclic) bond motifs is 1. The Morgan fingerprint density at radius 2 is 2.21 bits per heavy atom. The molecule has 7 nitrogen and oxygen atoms in total. The first kappa shape index (κ1) is 15.7. The average Bonchev–Trinajstić information content (AvgIpc) is 2.91. The Hall–Kier alpha value is -3.14. The lowest BCUT2D eigenvalue weighted by Gasteiger charge is -2.16. The minimum absolute atomic E-state index is 0.109. The molecule has 0 saturated carbocycles. The fourth-order valence-corrected chi connectivity index (χ4v) is 2.76. The molecule has 0 aliphatic rings. The van der Waals surface area contributed by atoms with Gasteiger partial charge in [0.05, 0.1) is 17.4 Å². The number of nitrogen functional groups attached to an aromatic ring is 1. The van der Waals surface area contributed by atoms with E-state index in [0.29, 0.717) is 17.3 Å². The van der Waals surface area contributed by atoms with Crippen molar-refractivity contribution in [2.45, 2.75) is 33.2 Å². The molecule has 0 unspecified atom stereocenters. The van der Waals surface area contributed by atoms with Crippen molar-refractivity contribution in [3.05, 3.63) is 46.9 Å². The number of aryl methyl sites for hydroxylation is 2. The van der Waals surface area contributed by atoms with Crippen LogP contribution >= 0.6 is 0 Å². The Morgan fingerprint density at radius 1 is 1.42 bits per heavy atom. The number of anilines is 2. The lowest BCUT2D eigenvalue weighted by atomic mass is 10.2. The van der Waals surface area contributed by atoms with Crippen LogP contribution in [0, 0.1) is 18.3 Å². The summed E-state index contributed by atoms with van der Waals surface area (Å²) in [5, 5.41) is 17.2. The van der Waals surface area contributed by atoms with Crippen LogP contribution in [0.3, 0.4) is 0 Å². The van der Waals surface area contributed by atoms with Crippen LogP contribution < -0.4 is 11.1 Å². The van der Waals surface area contributed by atoms with E-state index in [1.807, 2.05) is 39.0 Å². The molecule has 0 aromatic carbocycles. The van der Waals surface area contributed by atoms with E-state index in [2.05, 4.69) is 26.5 Å². The van der Waals surface area contributed by atoms with Crippen LogP contribution in [0.1, 0.15) is 42.4 Å². The third-order valence-corrected chi connectivity index (χ3v) is 4.05. The summed E-state index contributed by atoms with van der Waals surface area (Å²) in [5.41, 5.74) is 9.90. The number of aromatic nitrogens is 4. The number of pyridine rings is 1. The van der Waals surface area contributed by atoms with Gasteiger partial charge in [-0.15, -0.1) is 0 Å². The van der Waals surface area contributed by atoms with Gasteiger partial charge in [-0.25, -0.2) is 4.98 Å². The van der Waals surface area contributed by atoms with Gasteiger partial charge < -0.3 is 11.1 Å². The zero-order valence-electron chi connectivity index (χ0n) is 13.9. The van der Waals surface area contributed by atoms with E-state index < -0.39 is 0 Å². The smallest absolute Gasteiger partial charge is 0.163 e. The molecule has 0 bridgehead atoms. The van der Waals surface area contributed by atoms with Crippen LogP contribution in [0.25, 0.3) is 5.65 Å². The van der Waals surface area contributed by atoms with Gasteiger partial charge in [-0.1, -0.05) is 13.0 Å². The second-order valence-corrected chi connectivity index (χ2v) is 5.61. The molecule has 0 radical (unpaired) electrons. The van der Waals surface area contributed by atoms with Gasteiger partial charge >= 0.3 is 0 Å². The van der Waals surface area contributed by atoms with Crippen LogP contribution in [0.4, 0.5) is 11.6 Å². The molecule has 3 rings (SSSR count). The highest BCUT2D eigenvalue weighted by Crippen LogP contribution is 2.27. The number of nitrogens with zero attached hydrogens (tertiary/aromatic N) is 5. The maximum Gasteiger partial charge on any atom is 0.163 e. The SMILES string of the molecule is CCc1c(C)nn2c(N)c(C#N)c(N[C@H](C)c3ccccn3)nc12. The zero-order chi connectivity index (χ0) is 17.3. The first-order chi connectivity index (χ1) is 11.6. The fourth-order valence-electron chi connectivity index (χ4n) is 2.76. The second kappa shape index (κ2) is 6.16. The normalized spacial score (nSPS) is 12.1. The van der Waals surface area contributed by atoms with Gasteiger partial charge in [-0.3, -0.25) is 4.98 Å². The van der Waals surface area contributed by atoms with E-state index in [1.54, 1.807) is 10.7 Å². The maximum atomic E-state index is 9.51. The van der Waals surface area contributed by atoms with E-state index in [9.17, 15) is 5.26 Å². The highest BCUT2D eigenvalue weighted by atomic mass is 15.3. The second-order valence-electron chi connectivity index (χ2n) is 5.61. The van der Waals surface area contributed by atoms with Crippen molar-refractivity contribution in [2.75, 3.05) is 11.1 Å². The van der Waals surface area contributed by atoms with Gasteiger partial charge in [0, 0.05) is 11.8 Å². The standard InChI is InChI=1S/C17H19N7/c1-4-12-10(2)23-24-15(19)13(9-18)16(22-17(12)24)21-11(3)14-7-5-6-8-20-14/h5-8,11H,4,19H2,1-3H3,(H,21,22)/t11-/m1/s1. The molecular weight excluding hydrogens is 302 g/mol. The zero-order valence-corrected chi connectivity index (χ0v) is 13.9. The van der Waals surface area contributed by atoms with Gasteiger partial charge in [0.1, 0.15) is 17.5 Å². The Labute approximate surface area is 140 Å². The molecule has 0 fully saturated rings. The maximum absolute atomic E-state index is 9.51. The average molecular weight is 321 g/mol. The molecule has 0 aliphatic heterocycles. The van der Waals surface area contributed by atoms with Crippen LogP contribution in [-0.4, -0.2) is 19.6 Å². The highest BCUT2D eigenvalue weighted by molar-refractivity contribution is 5.70. The highest BCUT2D eigenvalue weighted by Gasteiger charge is 2.19. The summed E-state index contributed by atoms with van der Waals surface area (Å²) < 4.78 is 1.54. The molecule has 3 N–H and O–H groups in total. The summed E-state index contributed by atoms with van der Waals surface area (Å²) in [6, 6.07) is 7.73. The van der Waals surface area contributed by atoms with Gasteiger partial charge in [0.2, 0.25) is 0 Å². The molecule has 0 amide bonds. The monoisotopic (exact) mass is 321 g/mol. The van der Waals surface area contributed by atoms with Crippen LogP contribution in [0.15, 0.2) is 24.4 Å². The largest absolute Gasteiger partial charge is 0.382 e. The fraction of sp³-hybridized carbons (Fsp3) is 0.294. The molecule has 3 aromatic heterocycles. The van der Waals surface area contributed by atoms with E-state index in [0.717, 1.165) is 23.4 Å².